The number of phenols is 1. The number of ether oxygens (including phenoxy) is 1. The number of anilines is 2. The Morgan fingerprint density at radius 2 is 1.55 bits per heavy atom. The van der Waals surface area contributed by atoms with Gasteiger partial charge in [0.25, 0.3) is 0 Å². The zero-order valence-electron chi connectivity index (χ0n) is 26.3. The molecule has 0 unspecified atom stereocenters. The molecule has 0 aromatic heterocycles. The summed E-state index contributed by atoms with van der Waals surface area (Å²) in [6.45, 7) is 0. The molecule has 4 aliphatic rings. The van der Waals surface area contributed by atoms with E-state index in [4.69, 9.17) is 16.3 Å². The largest absolute Gasteiger partial charge is 0.508 e. The molecule has 49 heavy (non-hydrogen) atoms. The molecule has 2 aliphatic carbocycles. The van der Waals surface area contributed by atoms with Crippen molar-refractivity contribution in [2.45, 2.75) is 24.2 Å². The standard InChI is InChI=1S/C39H30ClIN2O6/c1-49-31-12-6-11-30(44)33(31)34-26-17-18-27-32(37(47)42(35(27)45)24-15-13-23(41)14-16-24)28(26)20-29-36(46)43(25-10-5-9-22(40)19-25)38(48)39(29,34)21-7-3-2-4-8-21/h2-17,19,27-29,32,34,44H,18,20H2,1H3/t27-,28+,29-,32-,34+,39+/m0/s1. The maximum atomic E-state index is 15.3. The summed E-state index contributed by atoms with van der Waals surface area (Å²) in [4.78, 5) is 61.1. The van der Waals surface area contributed by atoms with E-state index >= 15 is 4.79 Å². The fourth-order valence-corrected chi connectivity index (χ4v) is 9.45. The number of nitrogens with zero attached hydrogens (tertiary/aromatic N) is 2. The molecule has 4 aromatic rings. The first-order chi connectivity index (χ1) is 23.7. The Bertz CT molecular complexity index is 2080. The molecule has 2 heterocycles. The number of phenolic OH excluding ortho intramolecular Hbond substituents is 1. The van der Waals surface area contributed by atoms with Gasteiger partial charge in [-0.1, -0.05) is 65.7 Å². The number of rotatable bonds is 5. The minimum Gasteiger partial charge on any atom is -0.508 e. The smallest absolute Gasteiger partial charge is 0.246 e. The summed E-state index contributed by atoms with van der Waals surface area (Å²) in [7, 11) is 1.49. The van der Waals surface area contributed by atoms with Crippen LogP contribution >= 0.6 is 34.2 Å². The maximum Gasteiger partial charge on any atom is 0.246 e. The molecule has 0 radical (unpaired) electrons. The van der Waals surface area contributed by atoms with Gasteiger partial charge in [0.15, 0.2) is 0 Å². The number of methoxy groups -OCH3 is 1. The number of allylic oxidation sites excluding steroid dienone is 2. The van der Waals surface area contributed by atoms with E-state index < -0.39 is 46.8 Å². The normalized spacial score (nSPS) is 27.5. The second-order valence-corrected chi connectivity index (χ2v) is 14.7. The van der Waals surface area contributed by atoms with Gasteiger partial charge in [0, 0.05) is 20.1 Å². The third-order valence-electron chi connectivity index (χ3n) is 10.8. The van der Waals surface area contributed by atoms with E-state index in [0.717, 1.165) is 9.14 Å². The van der Waals surface area contributed by atoms with Crippen molar-refractivity contribution in [1.82, 2.24) is 0 Å². The molecule has 8 rings (SSSR count). The van der Waals surface area contributed by atoms with Gasteiger partial charge in [-0.05, 0) is 102 Å². The average molecular weight is 785 g/mol. The number of hydrogen-bond donors (Lipinski definition) is 1. The molecule has 1 N–H and O–H groups in total. The minimum absolute atomic E-state index is 0.0992. The van der Waals surface area contributed by atoms with E-state index in [1.165, 1.54) is 16.9 Å². The van der Waals surface area contributed by atoms with Gasteiger partial charge in [-0.3, -0.25) is 24.1 Å². The van der Waals surface area contributed by atoms with Crippen molar-refractivity contribution in [3.05, 3.63) is 128 Å². The Morgan fingerprint density at radius 1 is 0.816 bits per heavy atom. The highest BCUT2D eigenvalue weighted by molar-refractivity contribution is 14.1. The fraction of sp³-hybridized carbons (Fsp3) is 0.231. The molecule has 4 aromatic carbocycles. The van der Waals surface area contributed by atoms with E-state index in [2.05, 4.69) is 22.6 Å². The van der Waals surface area contributed by atoms with E-state index in [1.54, 1.807) is 54.6 Å². The Labute approximate surface area is 301 Å². The third kappa shape index (κ3) is 4.54. The van der Waals surface area contributed by atoms with Crippen LogP contribution in [0.15, 0.2) is 109 Å². The second kappa shape index (κ2) is 11.8. The summed E-state index contributed by atoms with van der Waals surface area (Å²) in [6.07, 6.45) is 2.38. The van der Waals surface area contributed by atoms with Crippen molar-refractivity contribution in [2.24, 2.45) is 23.7 Å². The first-order valence-electron chi connectivity index (χ1n) is 16.1. The number of carbonyl (C=O) groups excluding carboxylic acids is 4. The zero-order chi connectivity index (χ0) is 34.2. The maximum absolute atomic E-state index is 15.3. The summed E-state index contributed by atoms with van der Waals surface area (Å²) in [6, 6.07) is 28.0. The fourth-order valence-electron chi connectivity index (χ4n) is 8.90. The van der Waals surface area contributed by atoms with Gasteiger partial charge in [-0.2, -0.15) is 0 Å². The molecule has 3 fully saturated rings. The number of benzene rings is 4. The quantitative estimate of drug-likeness (QED) is 0.133. The number of hydrogen-bond acceptors (Lipinski definition) is 6. The van der Waals surface area contributed by atoms with Crippen LogP contribution in [0, 0.1) is 27.2 Å². The molecule has 10 heteroatoms. The minimum atomic E-state index is -1.52. The Balaban J connectivity index is 1.38. The lowest BCUT2D eigenvalue weighted by Gasteiger charge is -2.51. The number of imide groups is 2. The number of amides is 4. The molecular weight excluding hydrogens is 755 g/mol. The van der Waals surface area contributed by atoms with Crippen molar-refractivity contribution in [2.75, 3.05) is 16.9 Å². The van der Waals surface area contributed by atoms with E-state index in [1.807, 2.05) is 48.5 Å². The van der Waals surface area contributed by atoms with Crippen LogP contribution in [0.5, 0.6) is 11.5 Å². The van der Waals surface area contributed by atoms with Crippen LogP contribution in [-0.4, -0.2) is 35.8 Å². The molecular formula is C39H30ClIN2O6. The summed E-state index contributed by atoms with van der Waals surface area (Å²) in [5.74, 6) is -5.07. The lowest BCUT2D eigenvalue weighted by Crippen LogP contribution is -2.53. The van der Waals surface area contributed by atoms with E-state index in [0.29, 0.717) is 33.3 Å². The number of aromatic hydroxyl groups is 1. The molecule has 2 saturated heterocycles. The lowest BCUT2D eigenvalue weighted by atomic mass is 9.49. The van der Waals surface area contributed by atoms with Gasteiger partial charge in [-0.15, -0.1) is 0 Å². The topological polar surface area (TPSA) is 104 Å². The number of fused-ring (bicyclic) bond motifs is 4. The molecule has 2 aliphatic heterocycles. The third-order valence-corrected chi connectivity index (χ3v) is 11.8. The van der Waals surface area contributed by atoms with Gasteiger partial charge < -0.3 is 9.84 Å². The van der Waals surface area contributed by atoms with Crippen molar-refractivity contribution < 1.29 is 29.0 Å². The van der Waals surface area contributed by atoms with Crippen molar-refractivity contribution >= 4 is 69.2 Å². The highest BCUT2D eigenvalue weighted by atomic mass is 127. The van der Waals surface area contributed by atoms with Gasteiger partial charge in [0.05, 0.1) is 41.7 Å². The number of halogens is 2. The average Bonchev–Trinajstić information content (AvgIpc) is 3.50. The van der Waals surface area contributed by atoms with Crippen LogP contribution in [0.3, 0.4) is 0 Å². The monoisotopic (exact) mass is 784 g/mol. The zero-order valence-corrected chi connectivity index (χ0v) is 29.2. The van der Waals surface area contributed by atoms with Gasteiger partial charge in [0.1, 0.15) is 11.5 Å². The predicted molar refractivity (Wildman–Crippen MR) is 192 cm³/mol. The van der Waals surface area contributed by atoms with E-state index in [9.17, 15) is 19.5 Å². The lowest BCUT2D eigenvalue weighted by molar-refractivity contribution is -0.127. The Kier molecular flexibility index (Phi) is 7.68. The molecule has 1 saturated carbocycles. The van der Waals surface area contributed by atoms with Crippen molar-refractivity contribution in [3.63, 3.8) is 0 Å². The first-order valence-corrected chi connectivity index (χ1v) is 17.5. The predicted octanol–water partition coefficient (Wildman–Crippen LogP) is 7.03. The van der Waals surface area contributed by atoms with Crippen LogP contribution in [0.4, 0.5) is 11.4 Å². The van der Waals surface area contributed by atoms with Gasteiger partial charge in [-0.25, -0.2) is 4.90 Å². The van der Waals surface area contributed by atoms with Crippen molar-refractivity contribution in [1.29, 1.82) is 0 Å². The molecule has 0 spiro atoms. The molecule has 8 nitrogen and oxygen atoms in total. The van der Waals surface area contributed by atoms with E-state index in [-0.39, 0.29) is 30.4 Å². The van der Waals surface area contributed by atoms with Crippen LogP contribution in [0.1, 0.15) is 29.9 Å². The van der Waals surface area contributed by atoms with Crippen LogP contribution in [0.25, 0.3) is 0 Å². The molecule has 4 amide bonds. The summed E-state index contributed by atoms with van der Waals surface area (Å²) in [5, 5.41) is 12.0. The van der Waals surface area contributed by atoms with Crippen LogP contribution in [-0.2, 0) is 24.6 Å². The van der Waals surface area contributed by atoms with Crippen LogP contribution in [0.2, 0.25) is 5.02 Å². The van der Waals surface area contributed by atoms with Crippen LogP contribution < -0.4 is 14.5 Å². The van der Waals surface area contributed by atoms with Gasteiger partial charge in [0.2, 0.25) is 23.6 Å². The summed E-state index contributed by atoms with van der Waals surface area (Å²) in [5.41, 5.74) is 1.01. The molecule has 246 valence electrons. The highest BCUT2D eigenvalue weighted by Gasteiger charge is 2.71. The first kappa shape index (κ1) is 31.8. The highest BCUT2D eigenvalue weighted by Crippen LogP contribution is 2.66. The molecule has 6 atom stereocenters. The Hall–Kier alpha value is -4.48. The Morgan fingerprint density at radius 3 is 2.27 bits per heavy atom. The second-order valence-electron chi connectivity index (χ2n) is 13.0. The van der Waals surface area contributed by atoms with Gasteiger partial charge >= 0.3 is 0 Å². The SMILES string of the molecule is COc1cccc(O)c1[C@H]1C2=CC[C@@H]3C(=O)N(c4ccc(I)cc4)C(=O)[C@@H]3[C@@H]2C[C@H]2C(=O)N(c3cccc(Cl)c3)C(=O)[C@@]12c1ccccc1. The number of carbonyl (C=O) groups is 4. The molecule has 0 bridgehead atoms. The summed E-state index contributed by atoms with van der Waals surface area (Å²) < 4.78 is 6.81. The summed E-state index contributed by atoms with van der Waals surface area (Å²) >= 11 is 8.57. The van der Waals surface area contributed by atoms with Crippen molar-refractivity contribution in [3.8, 4) is 11.5 Å².